The monoisotopic (exact) mass is 547 g/mol. The van der Waals surface area contributed by atoms with Gasteiger partial charge in [-0.3, -0.25) is 4.99 Å². The Morgan fingerprint density at radius 3 is 2.73 bits per heavy atom. The molecule has 1 saturated carbocycles. The van der Waals surface area contributed by atoms with Crippen LogP contribution in [0.1, 0.15) is 51.0 Å². The molecule has 1 aromatic carbocycles. The van der Waals surface area contributed by atoms with E-state index in [-0.39, 0.29) is 29.4 Å². The van der Waals surface area contributed by atoms with E-state index in [4.69, 9.17) is 26.1 Å². The number of rotatable bonds is 7. The van der Waals surface area contributed by atoms with Crippen molar-refractivity contribution in [2.75, 3.05) is 39.4 Å². The predicted molar refractivity (Wildman–Crippen MR) is 133 cm³/mol. The number of aliphatic imine (C=N–C) groups is 1. The second-order valence-electron chi connectivity index (χ2n) is 8.62. The molecule has 4 rings (SSSR count). The van der Waals surface area contributed by atoms with Crippen molar-refractivity contribution < 1.29 is 9.47 Å². The van der Waals surface area contributed by atoms with Gasteiger partial charge in [-0.25, -0.2) is 0 Å². The van der Waals surface area contributed by atoms with E-state index in [2.05, 4.69) is 29.3 Å². The fourth-order valence-corrected chi connectivity index (χ4v) is 4.60. The molecular formula is C23H35ClIN3O2. The van der Waals surface area contributed by atoms with Gasteiger partial charge in [0.25, 0.3) is 0 Å². The Morgan fingerprint density at radius 1 is 1.30 bits per heavy atom. The molecule has 1 atom stereocenters. The highest BCUT2D eigenvalue weighted by Crippen LogP contribution is 2.48. The molecule has 168 valence electrons. The highest BCUT2D eigenvalue weighted by molar-refractivity contribution is 14.0. The van der Waals surface area contributed by atoms with Gasteiger partial charge in [-0.15, -0.1) is 24.0 Å². The van der Waals surface area contributed by atoms with E-state index in [1.54, 1.807) is 0 Å². The molecule has 0 radical (unpaired) electrons. The van der Waals surface area contributed by atoms with Crippen molar-refractivity contribution in [3.63, 3.8) is 0 Å². The van der Waals surface area contributed by atoms with Gasteiger partial charge in [-0.05, 0) is 63.1 Å². The molecule has 3 aliphatic rings. The summed E-state index contributed by atoms with van der Waals surface area (Å²) in [6.07, 6.45) is 7.46. The molecule has 7 heteroatoms. The van der Waals surface area contributed by atoms with Crippen molar-refractivity contribution in [2.45, 2.75) is 63.1 Å². The van der Waals surface area contributed by atoms with Crippen molar-refractivity contribution in [3.8, 4) is 0 Å². The van der Waals surface area contributed by atoms with E-state index in [9.17, 15) is 0 Å². The maximum absolute atomic E-state index is 6.22. The fraction of sp³-hybridized carbons (Fsp3) is 0.696. The largest absolute Gasteiger partial charge is 0.376 e. The molecule has 0 amide bonds. The maximum atomic E-state index is 6.22. The minimum Gasteiger partial charge on any atom is -0.376 e. The molecule has 0 aromatic heterocycles. The van der Waals surface area contributed by atoms with Crippen LogP contribution in [-0.2, 0) is 14.9 Å². The standard InChI is InChI=1S/C23H34ClN3O2.HI/c1-2-25-22(26-17-23(10-11-23)18-5-3-6-19(24)15-18)27-12-8-20(9-13-27)29-16-21-7-4-14-28-21;/h3,5-6,15,20-21H,2,4,7-14,16-17H2,1H3,(H,25,26);1H. The first-order chi connectivity index (χ1) is 14.2. The van der Waals surface area contributed by atoms with Crippen LogP contribution >= 0.6 is 35.6 Å². The molecule has 2 aliphatic heterocycles. The zero-order chi connectivity index (χ0) is 20.1. The first-order valence-electron chi connectivity index (χ1n) is 11.2. The van der Waals surface area contributed by atoms with E-state index in [0.717, 1.165) is 69.6 Å². The molecule has 2 saturated heterocycles. The molecule has 0 bridgehead atoms. The molecule has 1 N–H and O–H groups in total. The second kappa shape index (κ2) is 11.3. The lowest BCUT2D eigenvalue weighted by Crippen LogP contribution is -2.47. The van der Waals surface area contributed by atoms with E-state index < -0.39 is 0 Å². The van der Waals surface area contributed by atoms with E-state index in [0.29, 0.717) is 12.2 Å². The minimum absolute atomic E-state index is 0. The summed E-state index contributed by atoms with van der Waals surface area (Å²) in [4.78, 5) is 7.43. The summed E-state index contributed by atoms with van der Waals surface area (Å²) in [5.74, 6) is 1.04. The molecule has 5 nitrogen and oxygen atoms in total. The minimum atomic E-state index is 0. The number of piperidine rings is 1. The Morgan fingerprint density at radius 2 is 2.10 bits per heavy atom. The lowest BCUT2D eigenvalue weighted by molar-refractivity contribution is -0.0367. The normalized spacial score (nSPS) is 23.9. The van der Waals surface area contributed by atoms with Gasteiger partial charge in [0, 0.05) is 36.7 Å². The average molecular weight is 548 g/mol. The molecule has 30 heavy (non-hydrogen) atoms. The van der Waals surface area contributed by atoms with Crippen LogP contribution in [-0.4, -0.2) is 62.5 Å². The van der Waals surface area contributed by atoms with Crippen LogP contribution in [0.3, 0.4) is 0 Å². The van der Waals surface area contributed by atoms with Gasteiger partial charge in [0.15, 0.2) is 5.96 Å². The highest BCUT2D eigenvalue weighted by atomic mass is 127. The van der Waals surface area contributed by atoms with Crippen molar-refractivity contribution >= 4 is 41.5 Å². The molecular weight excluding hydrogens is 513 g/mol. The number of hydrogen-bond acceptors (Lipinski definition) is 3. The van der Waals surface area contributed by atoms with E-state index in [1.807, 2.05) is 12.1 Å². The quantitative estimate of drug-likeness (QED) is 0.308. The average Bonchev–Trinajstić information content (AvgIpc) is 3.35. The smallest absolute Gasteiger partial charge is 0.193 e. The number of ether oxygens (including phenoxy) is 2. The molecule has 0 spiro atoms. The third-order valence-electron chi connectivity index (χ3n) is 6.44. The van der Waals surface area contributed by atoms with Crippen molar-refractivity contribution in [1.29, 1.82) is 0 Å². The number of hydrogen-bond donors (Lipinski definition) is 1. The lowest BCUT2D eigenvalue weighted by atomic mass is 9.96. The van der Waals surface area contributed by atoms with Crippen LogP contribution in [0.25, 0.3) is 0 Å². The van der Waals surface area contributed by atoms with E-state index >= 15 is 0 Å². The Labute approximate surface area is 202 Å². The first-order valence-corrected chi connectivity index (χ1v) is 11.6. The van der Waals surface area contributed by atoms with Crippen LogP contribution in [0.4, 0.5) is 0 Å². The first kappa shape index (κ1) is 24.1. The van der Waals surface area contributed by atoms with Gasteiger partial charge < -0.3 is 19.7 Å². The third kappa shape index (κ3) is 6.24. The highest BCUT2D eigenvalue weighted by Gasteiger charge is 2.44. The number of nitrogens with one attached hydrogen (secondary N) is 1. The number of halogens is 2. The Balaban J connectivity index is 0.00000256. The molecule has 3 fully saturated rings. The van der Waals surface area contributed by atoms with Crippen molar-refractivity contribution in [2.24, 2.45) is 4.99 Å². The van der Waals surface area contributed by atoms with Gasteiger partial charge >= 0.3 is 0 Å². The summed E-state index contributed by atoms with van der Waals surface area (Å²) in [6, 6.07) is 8.29. The van der Waals surface area contributed by atoms with Gasteiger partial charge in [0.05, 0.1) is 25.4 Å². The summed E-state index contributed by atoms with van der Waals surface area (Å²) >= 11 is 6.22. The molecule has 2 heterocycles. The topological polar surface area (TPSA) is 46.1 Å². The van der Waals surface area contributed by atoms with Crippen LogP contribution in [0.2, 0.25) is 5.02 Å². The summed E-state index contributed by atoms with van der Waals surface area (Å²) in [5.41, 5.74) is 1.50. The van der Waals surface area contributed by atoms with Gasteiger partial charge in [-0.2, -0.15) is 0 Å². The van der Waals surface area contributed by atoms with E-state index in [1.165, 1.54) is 24.8 Å². The second-order valence-corrected chi connectivity index (χ2v) is 9.05. The third-order valence-corrected chi connectivity index (χ3v) is 6.68. The van der Waals surface area contributed by atoms with Gasteiger partial charge in [-0.1, -0.05) is 23.7 Å². The van der Waals surface area contributed by atoms with Crippen LogP contribution in [0.5, 0.6) is 0 Å². The number of nitrogens with zero attached hydrogens (tertiary/aromatic N) is 2. The lowest BCUT2D eigenvalue weighted by Gasteiger charge is -2.34. The number of guanidine groups is 1. The van der Waals surface area contributed by atoms with Gasteiger partial charge in [0.1, 0.15) is 0 Å². The van der Waals surface area contributed by atoms with Crippen molar-refractivity contribution in [3.05, 3.63) is 34.9 Å². The predicted octanol–water partition coefficient (Wildman–Crippen LogP) is 4.62. The zero-order valence-electron chi connectivity index (χ0n) is 17.9. The summed E-state index contributed by atoms with van der Waals surface area (Å²) in [7, 11) is 0. The summed E-state index contributed by atoms with van der Waals surface area (Å²) in [6.45, 7) is 7.48. The van der Waals surface area contributed by atoms with Crippen LogP contribution < -0.4 is 5.32 Å². The maximum Gasteiger partial charge on any atom is 0.193 e. The van der Waals surface area contributed by atoms with Crippen LogP contribution in [0.15, 0.2) is 29.3 Å². The number of benzene rings is 1. The Bertz CT molecular complexity index is 699. The molecule has 1 aliphatic carbocycles. The Kier molecular flexibility index (Phi) is 9.10. The molecule has 1 aromatic rings. The summed E-state index contributed by atoms with van der Waals surface area (Å²) in [5, 5.41) is 4.31. The van der Waals surface area contributed by atoms with Gasteiger partial charge in [0.2, 0.25) is 0 Å². The number of likely N-dealkylation sites (tertiary alicyclic amines) is 1. The molecule has 1 unspecified atom stereocenters. The SMILES string of the molecule is CCNC(=NCC1(c2cccc(Cl)c2)CC1)N1CCC(OCC2CCCO2)CC1.I. The fourth-order valence-electron chi connectivity index (χ4n) is 4.41. The van der Waals surface area contributed by atoms with Crippen molar-refractivity contribution in [1.82, 2.24) is 10.2 Å². The Hall–Kier alpha value is -0.570. The summed E-state index contributed by atoms with van der Waals surface area (Å²) < 4.78 is 11.8. The zero-order valence-corrected chi connectivity index (χ0v) is 21.0. The van der Waals surface area contributed by atoms with Crippen LogP contribution in [0, 0.1) is 0 Å².